The quantitative estimate of drug-likeness (QED) is 0.707. The van der Waals surface area contributed by atoms with E-state index in [1.165, 1.54) is 12.8 Å². The van der Waals surface area contributed by atoms with Crippen LogP contribution in [0.3, 0.4) is 0 Å². The van der Waals surface area contributed by atoms with Crippen LogP contribution in [-0.4, -0.2) is 52.9 Å². The average Bonchev–Trinajstić information content (AvgIpc) is 3.42. The van der Waals surface area contributed by atoms with Crippen LogP contribution in [0.25, 0.3) is 0 Å². The Kier molecular flexibility index (Phi) is 6.32. The molecule has 0 saturated heterocycles. The van der Waals surface area contributed by atoms with Crippen molar-refractivity contribution in [3.8, 4) is 5.75 Å². The van der Waals surface area contributed by atoms with Gasteiger partial charge in [0.1, 0.15) is 11.9 Å². The molecule has 0 radical (unpaired) electrons. The zero-order chi connectivity index (χ0) is 22.0. The lowest BCUT2D eigenvalue weighted by Crippen LogP contribution is -2.43. The maximum atomic E-state index is 13.5. The maximum absolute atomic E-state index is 13.5. The Bertz CT molecular complexity index is 927. The topological polar surface area (TPSA) is 77.9 Å². The molecule has 0 bridgehead atoms. The Morgan fingerprint density at radius 3 is 2.77 bits per heavy atom. The predicted octanol–water partition coefficient (Wildman–Crippen LogP) is 3.63. The van der Waals surface area contributed by atoms with Crippen LogP contribution in [0.5, 0.6) is 5.75 Å². The van der Waals surface area contributed by atoms with Gasteiger partial charge in [-0.3, -0.25) is 4.79 Å². The summed E-state index contributed by atoms with van der Waals surface area (Å²) in [6.45, 7) is 4.70. The van der Waals surface area contributed by atoms with Crippen molar-refractivity contribution in [1.82, 2.24) is 9.88 Å². The normalized spacial score (nSPS) is 18.2. The van der Waals surface area contributed by atoms with Gasteiger partial charge in [0.2, 0.25) is 0 Å². The summed E-state index contributed by atoms with van der Waals surface area (Å²) in [6, 6.07) is 10.1. The molecule has 1 amide bonds. The van der Waals surface area contributed by atoms with Gasteiger partial charge in [0.15, 0.2) is 5.82 Å². The number of hydrogen-bond donors (Lipinski definition) is 2. The second kappa shape index (κ2) is 9.14. The molecule has 2 heterocycles. The second-order valence-corrected chi connectivity index (χ2v) is 8.62. The second-order valence-electron chi connectivity index (χ2n) is 8.62. The van der Waals surface area contributed by atoms with Gasteiger partial charge in [0.25, 0.3) is 5.91 Å². The minimum atomic E-state index is -0.240. The monoisotopic (exact) mass is 424 g/mol. The molecule has 7 nitrogen and oxygen atoms in total. The van der Waals surface area contributed by atoms with Crippen LogP contribution in [0.4, 0.5) is 11.5 Å². The van der Waals surface area contributed by atoms with Crippen molar-refractivity contribution in [1.29, 1.82) is 0 Å². The Labute approximate surface area is 184 Å². The van der Waals surface area contributed by atoms with E-state index in [-0.39, 0.29) is 24.7 Å². The maximum Gasteiger partial charge on any atom is 0.258 e. The minimum Gasteiger partial charge on any atom is -0.496 e. The van der Waals surface area contributed by atoms with E-state index in [0.717, 1.165) is 29.9 Å². The Morgan fingerprint density at radius 1 is 1.32 bits per heavy atom. The van der Waals surface area contributed by atoms with Crippen LogP contribution in [0, 0.1) is 0 Å². The highest BCUT2D eigenvalue weighted by molar-refractivity contribution is 5.97. The Morgan fingerprint density at radius 2 is 2.10 bits per heavy atom. The van der Waals surface area contributed by atoms with E-state index < -0.39 is 0 Å². The molecule has 1 aromatic carbocycles. The van der Waals surface area contributed by atoms with Crippen molar-refractivity contribution in [3.05, 3.63) is 47.7 Å². The third kappa shape index (κ3) is 4.19. The summed E-state index contributed by atoms with van der Waals surface area (Å²) in [5, 5.41) is 13.1. The number of hydrogen-bond acceptors (Lipinski definition) is 6. The summed E-state index contributed by atoms with van der Waals surface area (Å²) >= 11 is 0. The van der Waals surface area contributed by atoms with E-state index >= 15 is 0 Å². The highest BCUT2D eigenvalue weighted by atomic mass is 16.5. The van der Waals surface area contributed by atoms with Gasteiger partial charge in [0, 0.05) is 24.8 Å². The van der Waals surface area contributed by atoms with Crippen molar-refractivity contribution in [2.75, 3.05) is 23.9 Å². The molecule has 2 N–H and O–H groups in total. The van der Waals surface area contributed by atoms with Crippen molar-refractivity contribution in [3.63, 3.8) is 0 Å². The molecule has 4 rings (SSSR count). The fourth-order valence-electron chi connectivity index (χ4n) is 4.83. The lowest BCUT2D eigenvalue weighted by atomic mass is 10.0. The fourth-order valence-corrected chi connectivity index (χ4v) is 4.83. The number of pyridine rings is 1. The molecule has 166 valence electrons. The zero-order valence-corrected chi connectivity index (χ0v) is 18.5. The van der Waals surface area contributed by atoms with Gasteiger partial charge >= 0.3 is 0 Å². The Balaban J connectivity index is 1.59. The largest absolute Gasteiger partial charge is 0.496 e. The minimum absolute atomic E-state index is 0.0329. The molecule has 31 heavy (non-hydrogen) atoms. The smallest absolute Gasteiger partial charge is 0.258 e. The van der Waals surface area contributed by atoms with Crippen LogP contribution < -0.4 is 15.0 Å². The van der Waals surface area contributed by atoms with Crippen LogP contribution >= 0.6 is 0 Å². The van der Waals surface area contributed by atoms with Gasteiger partial charge in [-0.25, -0.2) is 4.98 Å². The number of fused-ring (bicyclic) bond motifs is 1. The molecule has 1 aliphatic carbocycles. The number of benzene rings is 1. The summed E-state index contributed by atoms with van der Waals surface area (Å²) < 4.78 is 5.64. The van der Waals surface area contributed by atoms with E-state index in [1.54, 1.807) is 13.3 Å². The first kappa shape index (κ1) is 21.4. The molecular formula is C24H32N4O3. The van der Waals surface area contributed by atoms with Crippen molar-refractivity contribution in [2.24, 2.45) is 0 Å². The molecule has 1 atom stereocenters. The van der Waals surface area contributed by atoms with Crippen LogP contribution in [0.2, 0.25) is 0 Å². The summed E-state index contributed by atoms with van der Waals surface area (Å²) in [6.07, 6.45) is 6.01. The average molecular weight is 425 g/mol. The number of rotatable bonds is 7. The van der Waals surface area contributed by atoms with Gasteiger partial charge in [-0.05, 0) is 56.5 Å². The molecular weight excluding hydrogens is 392 g/mol. The number of nitrogens with zero attached hydrogens (tertiary/aromatic N) is 3. The summed E-state index contributed by atoms with van der Waals surface area (Å²) in [5.41, 5.74) is 2.56. The van der Waals surface area contributed by atoms with Crippen molar-refractivity contribution in [2.45, 2.75) is 64.3 Å². The first-order valence-corrected chi connectivity index (χ1v) is 11.1. The summed E-state index contributed by atoms with van der Waals surface area (Å²) in [5.74, 6) is 1.39. The fraction of sp³-hybridized carbons (Fsp3) is 0.500. The number of anilines is 2. The highest BCUT2D eigenvalue weighted by Crippen LogP contribution is 2.35. The highest BCUT2D eigenvalue weighted by Gasteiger charge is 2.32. The number of aromatic nitrogens is 1. The van der Waals surface area contributed by atoms with E-state index in [4.69, 9.17) is 4.74 Å². The third-order valence-electron chi connectivity index (χ3n) is 6.31. The molecule has 1 unspecified atom stereocenters. The number of carbonyl (C=O) groups excluding carboxylic acids is 1. The summed E-state index contributed by atoms with van der Waals surface area (Å²) in [7, 11) is 1.61. The SMILES string of the molecule is COc1cc(CN2c3cccnc3NC2CO)ccc1C(=O)N(C(C)C)C1CCCC1. The number of carbonyl (C=O) groups is 1. The number of amides is 1. The summed E-state index contributed by atoms with van der Waals surface area (Å²) in [4.78, 5) is 21.9. The van der Waals surface area contributed by atoms with E-state index in [1.807, 2.05) is 35.2 Å². The van der Waals surface area contributed by atoms with E-state index in [2.05, 4.69) is 29.0 Å². The first-order valence-electron chi connectivity index (χ1n) is 11.1. The van der Waals surface area contributed by atoms with Gasteiger partial charge in [-0.2, -0.15) is 0 Å². The number of methoxy groups -OCH3 is 1. The van der Waals surface area contributed by atoms with E-state index in [0.29, 0.717) is 23.9 Å². The molecule has 2 aliphatic rings. The third-order valence-corrected chi connectivity index (χ3v) is 6.31. The lowest BCUT2D eigenvalue weighted by molar-refractivity contribution is 0.0610. The van der Waals surface area contributed by atoms with Crippen molar-refractivity contribution >= 4 is 17.4 Å². The van der Waals surface area contributed by atoms with Crippen molar-refractivity contribution < 1.29 is 14.6 Å². The lowest BCUT2D eigenvalue weighted by Gasteiger charge is -2.33. The van der Waals surface area contributed by atoms with Gasteiger partial charge in [0.05, 0.1) is 25.0 Å². The zero-order valence-electron chi connectivity index (χ0n) is 18.5. The molecule has 1 saturated carbocycles. The van der Waals surface area contributed by atoms with Crippen LogP contribution in [-0.2, 0) is 6.54 Å². The Hall–Kier alpha value is -2.80. The van der Waals surface area contributed by atoms with Crippen LogP contribution in [0.15, 0.2) is 36.5 Å². The van der Waals surface area contributed by atoms with Gasteiger partial charge in [-0.15, -0.1) is 0 Å². The van der Waals surface area contributed by atoms with E-state index in [9.17, 15) is 9.90 Å². The number of nitrogens with one attached hydrogen (secondary N) is 1. The molecule has 1 fully saturated rings. The van der Waals surface area contributed by atoms with Gasteiger partial charge < -0.3 is 25.0 Å². The first-order chi connectivity index (χ1) is 15.0. The molecule has 1 aliphatic heterocycles. The molecule has 7 heteroatoms. The molecule has 0 spiro atoms. The molecule has 1 aromatic heterocycles. The van der Waals surface area contributed by atoms with Gasteiger partial charge in [-0.1, -0.05) is 18.9 Å². The molecule has 2 aromatic rings. The predicted molar refractivity (Wildman–Crippen MR) is 121 cm³/mol. The number of ether oxygens (including phenoxy) is 1. The standard InChI is InChI=1S/C24H32N4O3/c1-16(2)28(18-7-4-5-8-18)24(30)19-11-10-17(13-21(19)31-3)14-27-20-9-6-12-25-23(20)26-22(27)15-29/h6,9-13,16,18,22,29H,4-5,7-8,14-15H2,1-3H3,(H,25,26). The number of aliphatic hydroxyl groups is 1. The van der Waals surface area contributed by atoms with Crippen LogP contribution in [0.1, 0.15) is 55.5 Å². The number of aliphatic hydroxyl groups excluding tert-OH is 1.